The molecule has 1 rings (SSSR count). The molecule has 1 heterocycles. The Morgan fingerprint density at radius 1 is 1.53 bits per heavy atom. The van der Waals surface area contributed by atoms with Crippen LogP contribution in [0.3, 0.4) is 0 Å². The molecular formula is C11H17N3O3. The highest BCUT2D eigenvalue weighted by atomic mass is 16.5. The molecule has 17 heavy (non-hydrogen) atoms. The first-order valence-corrected chi connectivity index (χ1v) is 5.38. The van der Waals surface area contributed by atoms with E-state index in [0.29, 0.717) is 18.3 Å². The van der Waals surface area contributed by atoms with Crippen molar-refractivity contribution in [2.75, 3.05) is 18.5 Å². The van der Waals surface area contributed by atoms with E-state index < -0.39 is 11.4 Å². The van der Waals surface area contributed by atoms with Gasteiger partial charge in [-0.2, -0.15) is 4.98 Å². The second-order valence-electron chi connectivity index (χ2n) is 4.22. The Hall–Kier alpha value is -1.85. The topological polar surface area (TPSA) is 84.3 Å². The average molecular weight is 239 g/mol. The van der Waals surface area contributed by atoms with E-state index in [1.807, 2.05) is 6.92 Å². The Morgan fingerprint density at radius 3 is 2.82 bits per heavy atom. The second kappa shape index (κ2) is 5.47. The summed E-state index contributed by atoms with van der Waals surface area (Å²) in [7, 11) is 0. The van der Waals surface area contributed by atoms with Gasteiger partial charge in [-0.05, 0) is 20.8 Å². The number of ether oxygens (including phenoxy) is 1. The molecule has 0 unspecified atom stereocenters. The van der Waals surface area contributed by atoms with Crippen LogP contribution >= 0.6 is 0 Å². The smallest absolute Gasteiger partial charge is 0.310 e. The first-order valence-electron chi connectivity index (χ1n) is 5.38. The van der Waals surface area contributed by atoms with Crippen LogP contribution in [0.2, 0.25) is 0 Å². The van der Waals surface area contributed by atoms with Crippen LogP contribution in [0.15, 0.2) is 12.4 Å². The Labute approximate surface area is 100 Å². The quantitative estimate of drug-likeness (QED) is 0.780. The van der Waals surface area contributed by atoms with E-state index in [9.17, 15) is 4.79 Å². The molecule has 6 heteroatoms. The van der Waals surface area contributed by atoms with Gasteiger partial charge >= 0.3 is 5.97 Å². The van der Waals surface area contributed by atoms with Crippen molar-refractivity contribution in [2.45, 2.75) is 20.8 Å². The molecule has 2 N–H and O–H groups in total. The zero-order valence-electron chi connectivity index (χ0n) is 10.2. The summed E-state index contributed by atoms with van der Waals surface area (Å²) in [4.78, 5) is 19.0. The lowest BCUT2D eigenvalue weighted by Gasteiger charge is -2.19. The highest BCUT2D eigenvalue weighted by molar-refractivity contribution is 5.74. The molecule has 0 fully saturated rings. The van der Waals surface area contributed by atoms with Gasteiger partial charge < -0.3 is 15.2 Å². The normalized spacial score (nSPS) is 11.0. The minimum absolute atomic E-state index is 0.270. The van der Waals surface area contributed by atoms with Crippen molar-refractivity contribution in [3.63, 3.8) is 0 Å². The van der Waals surface area contributed by atoms with E-state index in [2.05, 4.69) is 15.3 Å². The van der Waals surface area contributed by atoms with Crippen molar-refractivity contribution >= 4 is 11.8 Å². The van der Waals surface area contributed by atoms with Crippen LogP contribution in [0.5, 0.6) is 5.88 Å². The van der Waals surface area contributed by atoms with Crippen molar-refractivity contribution in [3.8, 4) is 5.88 Å². The van der Waals surface area contributed by atoms with Gasteiger partial charge in [-0.1, -0.05) is 0 Å². The Bertz CT molecular complexity index is 393. The molecule has 0 aromatic carbocycles. The van der Waals surface area contributed by atoms with Gasteiger partial charge in [0.25, 0.3) is 0 Å². The molecular weight excluding hydrogens is 222 g/mol. The molecule has 0 amide bonds. The molecule has 6 nitrogen and oxygen atoms in total. The maximum atomic E-state index is 10.9. The molecule has 94 valence electrons. The summed E-state index contributed by atoms with van der Waals surface area (Å²) in [6, 6.07) is 0. The molecule has 0 aliphatic rings. The fraction of sp³-hybridized carbons (Fsp3) is 0.545. The van der Waals surface area contributed by atoms with E-state index in [0.717, 1.165) is 0 Å². The molecule has 0 aliphatic heterocycles. The maximum absolute atomic E-state index is 10.9. The predicted octanol–water partition coefficient (Wildman–Crippen LogP) is 1.40. The Morgan fingerprint density at radius 2 is 2.24 bits per heavy atom. The lowest BCUT2D eigenvalue weighted by Crippen LogP contribution is -2.32. The molecule has 1 aromatic heterocycles. The lowest BCUT2D eigenvalue weighted by molar-refractivity contribution is -0.146. The van der Waals surface area contributed by atoms with Crippen LogP contribution in [0.1, 0.15) is 20.8 Å². The van der Waals surface area contributed by atoms with Crippen molar-refractivity contribution in [3.05, 3.63) is 12.4 Å². The van der Waals surface area contributed by atoms with E-state index in [-0.39, 0.29) is 6.54 Å². The molecule has 0 spiro atoms. The van der Waals surface area contributed by atoms with Crippen molar-refractivity contribution in [1.82, 2.24) is 9.97 Å². The highest BCUT2D eigenvalue weighted by Crippen LogP contribution is 2.16. The number of nitrogens with zero attached hydrogens (tertiary/aromatic N) is 2. The first kappa shape index (κ1) is 13.2. The van der Waals surface area contributed by atoms with Crippen molar-refractivity contribution in [1.29, 1.82) is 0 Å². The van der Waals surface area contributed by atoms with Crippen molar-refractivity contribution < 1.29 is 14.6 Å². The van der Waals surface area contributed by atoms with Crippen LogP contribution in [0, 0.1) is 5.41 Å². The predicted molar refractivity (Wildman–Crippen MR) is 63.1 cm³/mol. The second-order valence-corrected chi connectivity index (χ2v) is 4.22. The van der Waals surface area contributed by atoms with Gasteiger partial charge in [0, 0.05) is 6.54 Å². The molecule has 0 bridgehead atoms. The highest BCUT2D eigenvalue weighted by Gasteiger charge is 2.26. The van der Waals surface area contributed by atoms with Gasteiger partial charge in [0.15, 0.2) is 0 Å². The number of anilines is 1. The summed E-state index contributed by atoms with van der Waals surface area (Å²) in [6.07, 6.45) is 3.04. The lowest BCUT2D eigenvalue weighted by atomic mass is 9.94. The molecule has 0 atom stereocenters. The van der Waals surface area contributed by atoms with Crippen LogP contribution in [-0.2, 0) is 4.79 Å². The van der Waals surface area contributed by atoms with E-state index in [4.69, 9.17) is 9.84 Å². The number of carboxylic acids is 1. The monoisotopic (exact) mass is 239 g/mol. The number of carbonyl (C=O) groups is 1. The SMILES string of the molecule is CCOc1cncc(NCC(C)(C)C(=O)O)n1. The van der Waals surface area contributed by atoms with E-state index in [1.54, 1.807) is 13.8 Å². The molecule has 0 aliphatic carbocycles. The van der Waals surface area contributed by atoms with Gasteiger partial charge in [-0.25, -0.2) is 0 Å². The minimum Gasteiger partial charge on any atom is -0.481 e. The van der Waals surface area contributed by atoms with Crippen LogP contribution in [-0.4, -0.2) is 34.2 Å². The number of hydrogen-bond donors (Lipinski definition) is 2. The number of carboxylic acid groups (broad SMARTS) is 1. The van der Waals surface area contributed by atoms with Gasteiger partial charge in [-0.15, -0.1) is 0 Å². The fourth-order valence-corrected chi connectivity index (χ4v) is 1.04. The molecule has 0 radical (unpaired) electrons. The third kappa shape index (κ3) is 3.90. The third-order valence-corrected chi connectivity index (χ3v) is 2.20. The van der Waals surface area contributed by atoms with Gasteiger partial charge in [-0.3, -0.25) is 9.78 Å². The summed E-state index contributed by atoms with van der Waals surface area (Å²) >= 11 is 0. The summed E-state index contributed by atoms with van der Waals surface area (Å²) in [6.45, 7) is 5.92. The molecule has 0 saturated carbocycles. The summed E-state index contributed by atoms with van der Waals surface area (Å²) in [5.74, 6) is 0.0647. The summed E-state index contributed by atoms with van der Waals surface area (Å²) < 4.78 is 5.20. The van der Waals surface area contributed by atoms with Gasteiger partial charge in [0.2, 0.25) is 5.88 Å². The molecule has 0 saturated heterocycles. The zero-order valence-corrected chi connectivity index (χ0v) is 10.2. The number of rotatable bonds is 6. The van der Waals surface area contributed by atoms with Crippen LogP contribution < -0.4 is 10.1 Å². The van der Waals surface area contributed by atoms with Crippen molar-refractivity contribution in [2.24, 2.45) is 5.41 Å². The van der Waals surface area contributed by atoms with Gasteiger partial charge in [0.05, 0.1) is 24.4 Å². The Kier molecular flexibility index (Phi) is 4.25. The standard InChI is InChI=1S/C11H17N3O3/c1-4-17-9-6-12-5-8(14-9)13-7-11(2,3)10(15)16/h5-6H,4,7H2,1-3H3,(H,13,14)(H,15,16). The van der Waals surface area contributed by atoms with Crippen LogP contribution in [0.25, 0.3) is 0 Å². The summed E-state index contributed by atoms with van der Waals surface area (Å²) in [5.41, 5.74) is -0.858. The summed E-state index contributed by atoms with van der Waals surface area (Å²) in [5, 5.41) is 11.9. The number of aliphatic carboxylic acids is 1. The largest absolute Gasteiger partial charge is 0.481 e. The van der Waals surface area contributed by atoms with Crippen LogP contribution in [0.4, 0.5) is 5.82 Å². The van der Waals surface area contributed by atoms with E-state index in [1.165, 1.54) is 12.4 Å². The first-order chi connectivity index (χ1) is 7.95. The number of nitrogens with one attached hydrogen (secondary N) is 1. The maximum Gasteiger partial charge on any atom is 0.310 e. The van der Waals surface area contributed by atoms with Gasteiger partial charge in [0.1, 0.15) is 5.82 Å². The minimum atomic E-state index is -0.862. The van der Waals surface area contributed by atoms with E-state index >= 15 is 0 Å². The molecule has 1 aromatic rings. The zero-order chi connectivity index (χ0) is 12.9. The Balaban J connectivity index is 2.63. The number of aromatic nitrogens is 2. The average Bonchev–Trinajstić information content (AvgIpc) is 2.27. The number of hydrogen-bond acceptors (Lipinski definition) is 5. The fourth-order valence-electron chi connectivity index (χ4n) is 1.04. The third-order valence-electron chi connectivity index (χ3n) is 2.20.